The number of rotatable bonds is 3. The van der Waals surface area contributed by atoms with Crippen LogP contribution in [0.5, 0.6) is 0 Å². The number of nitrogens with zero attached hydrogens (tertiary/aromatic N) is 2. The molecule has 0 aliphatic carbocycles. The molecule has 0 unspecified atom stereocenters. The van der Waals surface area contributed by atoms with E-state index in [1.165, 1.54) is 6.21 Å². The summed E-state index contributed by atoms with van der Waals surface area (Å²) >= 11 is 0. The third kappa shape index (κ3) is 3.50. The third-order valence-electron chi connectivity index (χ3n) is 1.06. The monoisotopic (exact) mass is 155 g/mol. The van der Waals surface area contributed by atoms with Gasteiger partial charge in [-0.2, -0.15) is 0 Å². The smallest absolute Gasteiger partial charge is 0.270 e. The van der Waals surface area contributed by atoms with Crippen molar-refractivity contribution in [2.45, 2.75) is 6.92 Å². The Morgan fingerprint density at radius 2 is 2.18 bits per heavy atom. The average Bonchev–Trinajstić information content (AvgIpc) is 2.00. The van der Waals surface area contributed by atoms with Gasteiger partial charge in [0.1, 0.15) is 5.71 Å². The molecule has 11 heavy (non-hydrogen) atoms. The van der Waals surface area contributed by atoms with Crippen LogP contribution in [0.3, 0.4) is 0 Å². The summed E-state index contributed by atoms with van der Waals surface area (Å²) in [6.45, 7) is 2.46. The first-order valence-electron chi connectivity index (χ1n) is 3.43. The molecule has 62 valence electrons. The van der Waals surface area contributed by atoms with Gasteiger partial charge in [0, 0.05) is 20.6 Å². The first-order valence-corrected chi connectivity index (χ1v) is 3.43. The molecule has 0 bridgehead atoms. The topological polar surface area (TPSA) is 53.8 Å². The molecule has 0 aromatic rings. The third-order valence-corrected chi connectivity index (χ3v) is 1.06. The van der Waals surface area contributed by atoms with E-state index in [2.05, 4.69) is 15.3 Å². The molecule has 0 aliphatic heterocycles. The molecule has 0 atom stereocenters. The zero-order chi connectivity index (χ0) is 8.69. The maximum absolute atomic E-state index is 11.0. The molecule has 0 saturated heterocycles. The van der Waals surface area contributed by atoms with Crippen molar-refractivity contribution in [3.05, 3.63) is 0 Å². The largest absolute Gasteiger partial charge is 0.351 e. The minimum Gasteiger partial charge on any atom is -0.351 e. The Balaban J connectivity index is 4.16. The average molecular weight is 155 g/mol. The lowest BCUT2D eigenvalue weighted by Gasteiger charge is -1.98. The van der Waals surface area contributed by atoms with Crippen molar-refractivity contribution in [1.29, 1.82) is 0 Å². The zero-order valence-electron chi connectivity index (χ0n) is 7.09. The fourth-order valence-corrected chi connectivity index (χ4v) is 0.591. The molecule has 1 amide bonds. The van der Waals surface area contributed by atoms with Gasteiger partial charge >= 0.3 is 0 Å². The highest BCUT2D eigenvalue weighted by molar-refractivity contribution is 6.60. The molecule has 4 nitrogen and oxygen atoms in total. The predicted octanol–water partition coefficient (Wildman–Crippen LogP) is -0.106. The Bertz CT molecular complexity index is 184. The van der Waals surface area contributed by atoms with Gasteiger partial charge in [-0.15, -0.1) is 0 Å². The van der Waals surface area contributed by atoms with E-state index in [1.807, 2.05) is 6.92 Å². The molecule has 0 saturated carbocycles. The number of carbonyl (C=O) groups excluding carboxylic acids is 1. The van der Waals surface area contributed by atoms with E-state index in [0.717, 1.165) is 0 Å². The summed E-state index contributed by atoms with van der Waals surface area (Å²) in [6.07, 6.45) is 1.44. The lowest BCUT2D eigenvalue weighted by molar-refractivity contribution is -0.114. The van der Waals surface area contributed by atoms with Gasteiger partial charge in [0.2, 0.25) is 0 Å². The molecule has 0 rings (SSSR count). The summed E-state index contributed by atoms with van der Waals surface area (Å²) in [5.74, 6) is -0.180. The number of hydrogen-bond donors (Lipinski definition) is 1. The first-order chi connectivity index (χ1) is 5.26. The van der Waals surface area contributed by atoms with Crippen LogP contribution in [0, 0.1) is 0 Å². The van der Waals surface area contributed by atoms with Crippen LogP contribution in [-0.4, -0.2) is 38.5 Å². The van der Waals surface area contributed by atoms with Crippen molar-refractivity contribution in [3.8, 4) is 0 Å². The van der Waals surface area contributed by atoms with Gasteiger partial charge in [0.25, 0.3) is 5.91 Å². The van der Waals surface area contributed by atoms with Crippen molar-refractivity contribution in [3.63, 3.8) is 0 Å². The second-order valence-electron chi connectivity index (χ2n) is 1.86. The van der Waals surface area contributed by atoms with Gasteiger partial charge in [-0.1, -0.05) is 0 Å². The number of aliphatic imine (C=N–C) groups is 2. The van der Waals surface area contributed by atoms with E-state index in [-0.39, 0.29) is 5.91 Å². The SMILES string of the molecule is CCNC(=O)C(C=NC)=NC. The fraction of sp³-hybridized carbons (Fsp3) is 0.571. The van der Waals surface area contributed by atoms with E-state index in [1.54, 1.807) is 14.1 Å². The Hall–Kier alpha value is -1.19. The van der Waals surface area contributed by atoms with Crippen LogP contribution in [0.15, 0.2) is 9.98 Å². The van der Waals surface area contributed by atoms with E-state index >= 15 is 0 Å². The van der Waals surface area contributed by atoms with Crippen molar-refractivity contribution in [2.24, 2.45) is 9.98 Å². The van der Waals surface area contributed by atoms with Gasteiger partial charge in [0.05, 0.1) is 6.21 Å². The molecule has 0 aliphatic rings. The molecule has 0 aromatic carbocycles. The van der Waals surface area contributed by atoms with E-state index in [4.69, 9.17) is 0 Å². The van der Waals surface area contributed by atoms with Gasteiger partial charge in [-0.25, -0.2) is 0 Å². The van der Waals surface area contributed by atoms with Gasteiger partial charge in [-0.3, -0.25) is 14.8 Å². The van der Waals surface area contributed by atoms with Gasteiger partial charge in [0.15, 0.2) is 0 Å². The second-order valence-corrected chi connectivity index (χ2v) is 1.86. The Morgan fingerprint density at radius 1 is 1.55 bits per heavy atom. The number of hydrogen-bond acceptors (Lipinski definition) is 3. The van der Waals surface area contributed by atoms with Crippen molar-refractivity contribution in [1.82, 2.24) is 5.32 Å². The number of amides is 1. The van der Waals surface area contributed by atoms with Crippen molar-refractivity contribution >= 4 is 17.8 Å². The van der Waals surface area contributed by atoms with Crippen LogP contribution in [0.4, 0.5) is 0 Å². The standard InChI is InChI=1S/C7H13N3O/c1-4-10-7(11)6(9-3)5-8-2/h5H,4H2,1-3H3,(H,10,11). The lowest BCUT2D eigenvalue weighted by Crippen LogP contribution is -2.31. The zero-order valence-corrected chi connectivity index (χ0v) is 7.09. The van der Waals surface area contributed by atoms with E-state index in [9.17, 15) is 4.79 Å². The molecular formula is C7H13N3O. The number of carbonyl (C=O) groups is 1. The van der Waals surface area contributed by atoms with Crippen LogP contribution in [0.2, 0.25) is 0 Å². The molecule has 0 radical (unpaired) electrons. The maximum Gasteiger partial charge on any atom is 0.270 e. The Kier molecular flexibility index (Phi) is 4.98. The van der Waals surface area contributed by atoms with Crippen LogP contribution in [-0.2, 0) is 4.79 Å². The summed E-state index contributed by atoms with van der Waals surface area (Å²) in [7, 11) is 3.16. The quantitative estimate of drug-likeness (QED) is 0.568. The van der Waals surface area contributed by atoms with Crippen LogP contribution < -0.4 is 5.32 Å². The van der Waals surface area contributed by atoms with Crippen molar-refractivity contribution < 1.29 is 4.79 Å². The van der Waals surface area contributed by atoms with E-state index < -0.39 is 0 Å². The minimum absolute atomic E-state index is 0.180. The Morgan fingerprint density at radius 3 is 2.55 bits per heavy atom. The number of nitrogens with one attached hydrogen (secondary N) is 1. The predicted molar refractivity (Wildman–Crippen MR) is 46.5 cm³/mol. The first kappa shape index (κ1) is 9.81. The van der Waals surface area contributed by atoms with E-state index in [0.29, 0.717) is 12.3 Å². The lowest BCUT2D eigenvalue weighted by atomic mass is 10.4. The molecule has 4 heteroatoms. The highest BCUT2D eigenvalue weighted by Crippen LogP contribution is 1.74. The van der Waals surface area contributed by atoms with Gasteiger partial charge < -0.3 is 5.32 Å². The molecule has 1 N–H and O–H groups in total. The molecule has 0 spiro atoms. The normalized spacial score (nSPS) is 12.1. The highest BCUT2D eigenvalue weighted by atomic mass is 16.1. The molecule has 0 aromatic heterocycles. The van der Waals surface area contributed by atoms with Crippen LogP contribution in [0.1, 0.15) is 6.92 Å². The van der Waals surface area contributed by atoms with Crippen molar-refractivity contribution in [2.75, 3.05) is 20.6 Å². The molecule has 0 heterocycles. The second kappa shape index (κ2) is 5.58. The summed E-state index contributed by atoms with van der Waals surface area (Å²) in [4.78, 5) is 18.5. The summed E-state index contributed by atoms with van der Waals surface area (Å²) < 4.78 is 0. The molecule has 0 fully saturated rings. The fourth-order valence-electron chi connectivity index (χ4n) is 0.591. The highest BCUT2D eigenvalue weighted by Gasteiger charge is 2.04. The van der Waals surface area contributed by atoms with Crippen LogP contribution in [0.25, 0.3) is 0 Å². The Labute approximate surface area is 66.4 Å². The summed E-state index contributed by atoms with van der Waals surface area (Å²) in [6, 6.07) is 0. The van der Waals surface area contributed by atoms with Crippen LogP contribution >= 0.6 is 0 Å². The van der Waals surface area contributed by atoms with Gasteiger partial charge in [-0.05, 0) is 6.92 Å². The minimum atomic E-state index is -0.180. The maximum atomic E-state index is 11.0. The summed E-state index contributed by atoms with van der Waals surface area (Å²) in [5, 5.41) is 2.62. The summed E-state index contributed by atoms with van der Waals surface area (Å²) in [5.41, 5.74) is 0.356. The molecular weight excluding hydrogens is 142 g/mol.